The van der Waals surface area contributed by atoms with Gasteiger partial charge in [-0.25, -0.2) is 0 Å². The molecule has 0 heterocycles. The molecule has 0 aromatic carbocycles. The summed E-state index contributed by atoms with van der Waals surface area (Å²) in [7, 11) is 0. The second kappa shape index (κ2) is 41.1. The molecule has 0 aromatic rings. The van der Waals surface area contributed by atoms with E-state index in [2.05, 4.69) is 34.6 Å². The Labute approximate surface area is 336 Å². The summed E-state index contributed by atoms with van der Waals surface area (Å²) in [6.07, 6.45) is 39.4. The van der Waals surface area contributed by atoms with Gasteiger partial charge in [0.25, 0.3) is 0 Å². The van der Waals surface area contributed by atoms with Crippen LogP contribution in [0.4, 0.5) is 0 Å². The Morgan fingerprint density at radius 1 is 0.389 bits per heavy atom. The van der Waals surface area contributed by atoms with E-state index in [4.69, 9.17) is 14.2 Å². The molecule has 0 saturated carbocycles. The van der Waals surface area contributed by atoms with Crippen molar-refractivity contribution >= 4 is 17.9 Å². The molecule has 0 fully saturated rings. The molecule has 0 aliphatic heterocycles. The molecule has 0 spiro atoms. The van der Waals surface area contributed by atoms with Gasteiger partial charge in [0.1, 0.15) is 13.2 Å². The van der Waals surface area contributed by atoms with Crippen LogP contribution in [-0.4, -0.2) is 37.2 Å². The number of carbonyl (C=O) groups excluding carboxylic acids is 3. The molecule has 0 radical (unpaired) electrons. The molecule has 0 aliphatic carbocycles. The SMILES string of the molecule is CCCCCCCCCCCCCC(=O)OC[C@H](COC(=O)CCCCCCCCCCCCCCC(C)C)OC(=O)CCCCCCCCC(C)CC. The zero-order valence-corrected chi connectivity index (χ0v) is 36.8. The van der Waals surface area contributed by atoms with Gasteiger partial charge >= 0.3 is 17.9 Å². The van der Waals surface area contributed by atoms with Crippen molar-refractivity contribution < 1.29 is 28.6 Å². The van der Waals surface area contributed by atoms with Crippen molar-refractivity contribution in [2.24, 2.45) is 11.8 Å². The van der Waals surface area contributed by atoms with E-state index in [1.54, 1.807) is 0 Å². The van der Waals surface area contributed by atoms with Crippen LogP contribution in [0.15, 0.2) is 0 Å². The lowest BCUT2D eigenvalue weighted by atomic mass is 10.00. The van der Waals surface area contributed by atoms with Gasteiger partial charge in [-0.2, -0.15) is 0 Å². The first-order chi connectivity index (χ1) is 26.3. The Morgan fingerprint density at radius 3 is 1.06 bits per heavy atom. The zero-order chi connectivity index (χ0) is 39.7. The van der Waals surface area contributed by atoms with E-state index in [-0.39, 0.29) is 31.1 Å². The highest BCUT2D eigenvalue weighted by Crippen LogP contribution is 2.17. The Morgan fingerprint density at radius 2 is 0.704 bits per heavy atom. The molecule has 0 rings (SSSR count). The van der Waals surface area contributed by atoms with E-state index >= 15 is 0 Å². The Balaban J connectivity index is 4.30. The van der Waals surface area contributed by atoms with Gasteiger partial charge in [-0.15, -0.1) is 0 Å². The molecule has 320 valence electrons. The lowest BCUT2D eigenvalue weighted by Gasteiger charge is -2.18. The quantitative estimate of drug-likeness (QED) is 0.0350. The van der Waals surface area contributed by atoms with E-state index in [9.17, 15) is 14.4 Å². The predicted octanol–water partition coefficient (Wildman–Crippen LogP) is 15.0. The number of hydrogen-bond donors (Lipinski definition) is 0. The van der Waals surface area contributed by atoms with Crippen LogP contribution in [0.1, 0.15) is 259 Å². The van der Waals surface area contributed by atoms with E-state index in [0.29, 0.717) is 19.3 Å². The van der Waals surface area contributed by atoms with Crippen molar-refractivity contribution in [2.75, 3.05) is 13.2 Å². The maximum absolute atomic E-state index is 12.7. The Bertz CT molecular complexity index is 826. The van der Waals surface area contributed by atoms with Gasteiger partial charge in [0.15, 0.2) is 6.10 Å². The molecular weight excluding hydrogens is 673 g/mol. The summed E-state index contributed by atoms with van der Waals surface area (Å²) in [4.78, 5) is 37.7. The van der Waals surface area contributed by atoms with Crippen LogP contribution in [0.25, 0.3) is 0 Å². The second-order valence-corrected chi connectivity index (χ2v) is 17.1. The van der Waals surface area contributed by atoms with E-state index in [0.717, 1.165) is 69.6 Å². The van der Waals surface area contributed by atoms with Gasteiger partial charge in [-0.3, -0.25) is 14.4 Å². The zero-order valence-electron chi connectivity index (χ0n) is 36.8. The van der Waals surface area contributed by atoms with Crippen molar-refractivity contribution in [1.29, 1.82) is 0 Å². The summed E-state index contributed by atoms with van der Waals surface area (Å²) in [6, 6.07) is 0. The lowest BCUT2D eigenvalue weighted by molar-refractivity contribution is -0.167. The summed E-state index contributed by atoms with van der Waals surface area (Å²) in [5.74, 6) is 0.786. The van der Waals surface area contributed by atoms with Crippen molar-refractivity contribution in [1.82, 2.24) is 0 Å². The summed E-state index contributed by atoms with van der Waals surface area (Å²) in [6.45, 7) is 11.3. The van der Waals surface area contributed by atoms with Crippen LogP contribution in [0.2, 0.25) is 0 Å². The van der Waals surface area contributed by atoms with E-state index in [1.807, 2.05) is 0 Å². The van der Waals surface area contributed by atoms with Crippen LogP contribution in [0.5, 0.6) is 0 Å². The number of hydrogen-bond acceptors (Lipinski definition) is 6. The fraction of sp³-hybridized carbons (Fsp3) is 0.938. The monoisotopic (exact) mass is 765 g/mol. The molecule has 2 atom stereocenters. The first-order valence-electron chi connectivity index (χ1n) is 23.8. The van der Waals surface area contributed by atoms with E-state index in [1.165, 1.54) is 148 Å². The molecule has 1 unspecified atom stereocenters. The Hall–Kier alpha value is -1.59. The average Bonchev–Trinajstić information content (AvgIpc) is 3.15. The third-order valence-electron chi connectivity index (χ3n) is 11.1. The van der Waals surface area contributed by atoms with Gasteiger partial charge in [0.05, 0.1) is 0 Å². The fourth-order valence-corrected chi connectivity index (χ4v) is 7.07. The smallest absolute Gasteiger partial charge is 0.306 e. The van der Waals surface area contributed by atoms with Crippen LogP contribution < -0.4 is 0 Å². The molecule has 0 amide bonds. The maximum atomic E-state index is 12.7. The van der Waals surface area contributed by atoms with Crippen LogP contribution in [0, 0.1) is 11.8 Å². The topological polar surface area (TPSA) is 78.9 Å². The van der Waals surface area contributed by atoms with Gasteiger partial charge in [-0.05, 0) is 31.1 Å². The number of unbranched alkanes of at least 4 members (excludes halogenated alkanes) is 26. The molecule has 0 aromatic heterocycles. The minimum Gasteiger partial charge on any atom is -0.462 e. The Kier molecular flexibility index (Phi) is 39.8. The largest absolute Gasteiger partial charge is 0.462 e. The number of esters is 3. The van der Waals surface area contributed by atoms with Gasteiger partial charge < -0.3 is 14.2 Å². The molecule has 54 heavy (non-hydrogen) atoms. The molecule has 0 bridgehead atoms. The molecule has 6 nitrogen and oxygen atoms in total. The van der Waals surface area contributed by atoms with Crippen LogP contribution in [0.3, 0.4) is 0 Å². The highest BCUT2D eigenvalue weighted by molar-refractivity contribution is 5.71. The highest BCUT2D eigenvalue weighted by atomic mass is 16.6. The normalized spacial score (nSPS) is 12.6. The summed E-state index contributed by atoms with van der Waals surface area (Å²) in [5.41, 5.74) is 0. The lowest BCUT2D eigenvalue weighted by Crippen LogP contribution is -2.30. The van der Waals surface area contributed by atoms with Crippen molar-refractivity contribution in [3.63, 3.8) is 0 Å². The van der Waals surface area contributed by atoms with Crippen LogP contribution >= 0.6 is 0 Å². The van der Waals surface area contributed by atoms with Gasteiger partial charge in [0, 0.05) is 19.3 Å². The molecule has 0 aliphatic rings. The number of ether oxygens (including phenoxy) is 3. The summed E-state index contributed by atoms with van der Waals surface area (Å²) in [5, 5.41) is 0. The van der Waals surface area contributed by atoms with Gasteiger partial charge in [-0.1, -0.05) is 221 Å². The van der Waals surface area contributed by atoms with Crippen molar-refractivity contribution in [3.8, 4) is 0 Å². The standard InChI is InChI=1S/C48H92O6/c1-6-8-9-10-11-12-15-19-22-28-33-38-46(49)52-41-45(54-48(51)40-35-30-25-24-27-32-37-44(5)7-2)42-53-47(50)39-34-29-23-20-17-14-13-16-18-21-26-31-36-43(3)4/h43-45H,6-42H2,1-5H3/t44?,45-/m1/s1. The van der Waals surface area contributed by atoms with Crippen molar-refractivity contribution in [3.05, 3.63) is 0 Å². The number of carbonyl (C=O) groups is 3. The first kappa shape index (κ1) is 52.4. The van der Waals surface area contributed by atoms with Crippen LogP contribution in [-0.2, 0) is 28.6 Å². The average molecular weight is 765 g/mol. The molecule has 0 N–H and O–H groups in total. The summed E-state index contributed by atoms with van der Waals surface area (Å²) >= 11 is 0. The minimum absolute atomic E-state index is 0.0653. The highest BCUT2D eigenvalue weighted by Gasteiger charge is 2.19. The van der Waals surface area contributed by atoms with Gasteiger partial charge in [0.2, 0.25) is 0 Å². The second-order valence-electron chi connectivity index (χ2n) is 17.1. The molecule has 6 heteroatoms. The molecule has 0 saturated heterocycles. The minimum atomic E-state index is -0.761. The van der Waals surface area contributed by atoms with E-state index < -0.39 is 6.10 Å². The first-order valence-corrected chi connectivity index (χ1v) is 23.8. The maximum Gasteiger partial charge on any atom is 0.306 e. The summed E-state index contributed by atoms with van der Waals surface area (Å²) < 4.78 is 16.7. The molecular formula is C48H92O6. The van der Waals surface area contributed by atoms with Crippen molar-refractivity contribution in [2.45, 2.75) is 265 Å². The number of rotatable bonds is 42. The fourth-order valence-electron chi connectivity index (χ4n) is 7.07. The third-order valence-corrected chi connectivity index (χ3v) is 11.1. The third kappa shape index (κ3) is 40.1. The predicted molar refractivity (Wildman–Crippen MR) is 229 cm³/mol.